The van der Waals surface area contributed by atoms with Crippen LogP contribution < -0.4 is 5.32 Å². The van der Waals surface area contributed by atoms with Crippen LogP contribution in [0.2, 0.25) is 10.0 Å². The average molecular weight is 260 g/mol. The van der Waals surface area contributed by atoms with E-state index in [0.717, 1.165) is 22.2 Å². The monoisotopic (exact) mass is 259 g/mol. The molecule has 0 radical (unpaired) electrons. The van der Waals surface area contributed by atoms with Crippen molar-refractivity contribution in [1.82, 2.24) is 5.32 Å². The van der Waals surface area contributed by atoms with Crippen LogP contribution in [0.25, 0.3) is 0 Å². The van der Waals surface area contributed by atoms with Crippen molar-refractivity contribution in [2.75, 3.05) is 6.54 Å². The number of halogens is 2. The molecule has 0 fully saturated rings. The molecular weight excluding hydrogens is 241 g/mol. The largest absolute Gasteiger partial charge is 0.310 e. The number of nitrogens with one attached hydrogen (secondary N) is 1. The van der Waals surface area contributed by atoms with Crippen LogP contribution >= 0.6 is 23.2 Å². The van der Waals surface area contributed by atoms with Crippen LogP contribution in [-0.4, -0.2) is 6.54 Å². The summed E-state index contributed by atoms with van der Waals surface area (Å²) >= 11 is 12.1. The standard InChI is InChI=1S/C13H19Cl2N/c1-9(16-8-13(2,3)4)11-7-10(14)5-6-12(11)15/h5-7,9,16H,8H2,1-4H3. The van der Waals surface area contributed by atoms with Crippen LogP contribution in [-0.2, 0) is 0 Å². The molecule has 0 aromatic heterocycles. The highest BCUT2D eigenvalue weighted by atomic mass is 35.5. The minimum Gasteiger partial charge on any atom is -0.310 e. The van der Waals surface area contributed by atoms with E-state index in [4.69, 9.17) is 23.2 Å². The van der Waals surface area contributed by atoms with Crippen LogP contribution in [0.3, 0.4) is 0 Å². The molecule has 0 heterocycles. The minimum absolute atomic E-state index is 0.213. The third-order valence-corrected chi connectivity index (χ3v) is 2.94. The predicted molar refractivity (Wildman–Crippen MR) is 72.3 cm³/mol. The van der Waals surface area contributed by atoms with Gasteiger partial charge in [-0.05, 0) is 36.1 Å². The molecule has 0 spiro atoms. The SMILES string of the molecule is CC(NCC(C)(C)C)c1cc(Cl)ccc1Cl. The maximum atomic E-state index is 6.14. The minimum atomic E-state index is 0.213. The highest BCUT2D eigenvalue weighted by Crippen LogP contribution is 2.26. The second-order valence-electron chi connectivity index (χ2n) is 5.33. The summed E-state index contributed by atoms with van der Waals surface area (Å²) in [4.78, 5) is 0. The van der Waals surface area contributed by atoms with Gasteiger partial charge in [0.25, 0.3) is 0 Å². The van der Waals surface area contributed by atoms with E-state index in [1.54, 1.807) is 0 Å². The highest BCUT2D eigenvalue weighted by molar-refractivity contribution is 6.33. The van der Waals surface area contributed by atoms with Gasteiger partial charge in [0.05, 0.1) is 0 Å². The first-order chi connectivity index (χ1) is 7.29. The molecule has 1 aromatic rings. The Bertz CT molecular complexity index is 355. The Labute approximate surface area is 108 Å². The maximum absolute atomic E-state index is 6.14. The van der Waals surface area contributed by atoms with Crippen molar-refractivity contribution in [3.8, 4) is 0 Å². The Kier molecular flexibility index (Phi) is 4.66. The third-order valence-electron chi connectivity index (χ3n) is 2.36. The molecule has 0 bridgehead atoms. The summed E-state index contributed by atoms with van der Waals surface area (Å²) < 4.78 is 0. The van der Waals surface area contributed by atoms with Crippen LogP contribution in [0.15, 0.2) is 18.2 Å². The lowest BCUT2D eigenvalue weighted by molar-refractivity contribution is 0.359. The zero-order valence-corrected chi connectivity index (χ0v) is 11.8. The van der Waals surface area contributed by atoms with Gasteiger partial charge in [-0.25, -0.2) is 0 Å². The quantitative estimate of drug-likeness (QED) is 0.831. The molecule has 0 aliphatic heterocycles. The third kappa shape index (κ3) is 4.32. The molecular formula is C13H19Cl2N. The summed E-state index contributed by atoms with van der Waals surface area (Å²) in [6.07, 6.45) is 0. The number of rotatable bonds is 3. The maximum Gasteiger partial charge on any atom is 0.0454 e. The van der Waals surface area contributed by atoms with Gasteiger partial charge in [0.2, 0.25) is 0 Å². The normalized spacial score (nSPS) is 13.9. The summed E-state index contributed by atoms with van der Waals surface area (Å²) in [5.41, 5.74) is 1.32. The zero-order valence-electron chi connectivity index (χ0n) is 10.3. The summed E-state index contributed by atoms with van der Waals surface area (Å²) in [6, 6.07) is 5.79. The van der Waals surface area contributed by atoms with Gasteiger partial charge in [-0.2, -0.15) is 0 Å². The van der Waals surface area contributed by atoms with Gasteiger partial charge in [-0.1, -0.05) is 44.0 Å². The molecule has 0 saturated heterocycles. The fourth-order valence-electron chi connectivity index (χ4n) is 1.42. The Morgan fingerprint density at radius 3 is 2.44 bits per heavy atom. The molecule has 90 valence electrons. The zero-order chi connectivity index (χ0) is 12.3. The molecule has 0 aliphatic rings. The number of hydrogen-bond acceptors (Lipinski definition) is 1. The molecule has 0 aliphatic carbocycles. The molecule has 1 atom stereocenters. The summed E-state index contributed by atoms with van der Waals surface area (Å²) in [7, 11) is 0. The van der Waals surface area contributed by atoms with E-state index in [0.29, 0.717) is 0 Å². The lowest BCUT2D eigenvalue weighted by Gasteiger charge is -2.23. The topological polar surface area (TPSA) is 12.0 Å². The Morgan fingerprint density at radius 2 is 1.88 bits per heavy atom. The van der Waals surface area contributed by atoms with E-state index in [-0.39, 0.29) is 11.5 Å². The van der Waals surface area contributed by atoms with E-state index in [9.17, 15) is 0 Å². The van der Waals surface area contributed by atoms with Crippen LogP contribution in [0.4, 0.5) is 0 Å². The van der Waals surface area contributed by atoms with Gasteiger partial charge in [-0.15, -0.1) is 0 Å². The van der Waals surface area contributed by atoms with Gasteiger partial charge in [0.15, 0.2) is 0 Å². The molecule has 3 heteroatoms. The summed E-state index contributed by atoms with van der Waals surface area (Å²) in [6.45, 7) is 9.64. The van der Waals surface area contributed by atoms with E-state index in [1.807, 2.05) is 18.2 Å². The van der Waals surface area contributed by atoms with Crippen molar-refractivity contribution in [3.63, 3.8) is 0 Å². The molecule has 0 amide bonds. The average Bonchev–Trinajstić information content (AvgIpc) is 2.17. The van der Waals surface area contributed by atoms with Gasteiger partial charge in [-0.3, -0.25) is 0 Å². The molecule has 1 unspecified atom stereocenters. The molecule has 1 rings (SSSR count). The molecule has 0 saturated carbocycles. The van der Waals surface area contributed by atoms with E-state index in [1.165, 1.54) is 0 Å². The lowest BCUT2D eigenvalue weighted by atomic mass is 9.96. The first-order valence-electron chi connectivity index (χ1n) is 5.48. The Morgan fingerprint density at radius 1 is 1.25 bits per heavy atom. The molecule has 1 N–H and O–H groups in total. The van der Waals surface area contributed by atoms with Gasteiger partial charge in [0, 0.05) is 22.6 Å². The number of hydrogen-bond donors (Lipinski definition) is 1. The van der Waals surface area contributed by atoms with Gasteiger partial charge < -0.3 is 5.32 Å². The van der Waals surface area contributed by atoms with E-state index < -0.39 is 0 Å². The molecule has 1 nitrogen and oxygen atoms in total. The second-order valence-corrected chi connectivity index (χ2v) is 6.17. The van der Waals surface area contributed by atoms with Crippen molar-refractivity contribution in [2.24, 2.45) is 5.41 Å². The summed E-state index contributed by atoms with van der Waals surface area (Å²) in [5.74, 6) is 0. The van der Waals surface area contributed by atoms with Crippen LogP contribution in [0.1, 0.15) is 39.3 Å². The lowest BCUT2D eigenvalue weighted by Crippen LogP contribution is -2.29. The Balaban J connectivity index is 2.73. The van der Waals surface area contributed by atoms with Crippen LogP contribution in [0, 0.1) is 5.41 Å². The predicted octanol–water partition coefficient (Wildman–Crippen LogP) is 4.69. The number of benzene rings is 1. The van der Waals surface area contributed by atoms with Crippen LogP contribution in [0.5, 0.6) is 0 Å². The highest BCUT2D eigenvalue weighted by Gasteiger charge is 2.14. The first kappa shape index (κ1) is 13.8. The van der Waals surface area contributed by atoms with Crippen molar-refractivity contribution < 1.29 is 0 Å². The van der Waals surface area contributed by atoms with E-state index >= 15 is 0 Å². The van der Waals surface area contributed by atoms with Gasteiger partial charge in [0.1, 0.15) is 0 Å². The van der Waals surface area contributed by atoms with Crippen molar-refractivity contribution in [1.29, 1.82) is 0 Å². The Hall–Kier alpha value is -0.240. The van der Waals surface area contributed by atoms with Crippen molar-refractivity contribution >= 4 is 23.2 Å². The van der Waals surface area contributed by atoms with Crippen molar-refractivity contribution in [3.05, 3.63) is 33.8 Å². The van der Waals surface area contributed by atoms with E-state index in [2.05, 4.69) is 33.0 Å². The fraction of sp³-hybridized carbons (Fsp3) is 0.538. The first-order valence-corrected chi connectivity index (χ1v) is 6.23. The smallest absolute Gasteiger partial charge is 0.0454 e. The second kappa shape index (κ2) is 5.39. The molecule has 1 aromatic carbocycles. The van der Waals surface area contributed by atoms with Gasteiger partial charge >= 0.3 is 0 Å². The molecule has 16 heavy (non-hydrogen) atoms. The summed E-state index contributed by atoms with van der Waals surface area (Å²) in [5, 5.41) is 4.95. The van der Waals surface area contributed by atoms with Crippen molar-refractivity contribution in [2.45, 2.75) is 33.7 Å². The fourth-order valence-corrected chi connectivity index (χ4v) is 1.88.